The average Bonchev–Trinajstić information content (AvgIpc) is 3.15. The van der Waals surface area contributed by atoms with Crippen molar-refractivity contribution < 1.29 is 13.2 Å². The molecule has 8 heteroatoms. The third-order valence-corrected chi connectivity index (χ3v) is 9.20. The summed E-state index contributed by atoms with van der Waals surface area (Å²) in [4.78, 5) is 12.7. The van der Waals surface area contributed by atoms with Crippen molar-refractivity contribution in [2.24, 2.45) is 11.8 Å². The van der Waals surface area contributed by atoms with Crippen LogP contribution in [0.25, 0.3) is 0 Å². The molecule has 0 spiro atoms. The van der Waals surface area contributed by atoms with E-state index in [0.717, 1.165) is 17.0 Å². The predicted octanol–water partition coefficient (Wildman–Crippen LogP) is 5.20. The van der Waals surface area contributed by atoms with Gasteiger partial charge in [0.25, 0.3) is 10.0 Å². The van der Waals surface area contributed by atoms with E-state index in [2.05, 4.69) is 19.2 Å². The first-order valence-electron chi connectivity index (χ1n) is 9.85. The molecule has 1 atom stereocenters. The molecule has 1 fully saturated rings. The van der Waals surface area contributed by atoms with Crippen molar-refractivity contribution in [2.75, 3.05) is 18.4 Å². The fourth-order valence-corrected chi connectivity index (χ4v) is 6.71. The van der Waals surface area contributed by atoms with E-state index in [4.69, 9.17) is 11.6 Å². The first-order chi connectivity index (χ1) is 13.7. The molecule has 2 aromatic rings. The van der Waals surface area contributed by atoms with E-state index in [1.54, 1.807) is 12.1 Å². The number of nitrogens with one attached hydrogen (secondary N) is 1. The normalized spacial score (nSPS) is 17.4. The lowest BCUT2D eigenvalue weighted by Crippen LogP contribution is -2.41. The molecule has 1 aromatic carbocycles. The van der Waals surface area contributed by atoms with Crippen LogP contribution in [0.3, 0.4) is 0 Å². The third kappa shape index (κ3) is 5.20. The number of carbonyl (C=O) groups is 1. The first kappa shape index (κ1) is 22.3. The molecule has 1 amide bonds. The number of amides is 1. The number of thiophene rings is 1. The lowest BCUT2D eigenvalue weighted by molar-refractivity contribution is -0.121. The zero-order chi connectivity index (χ0) is 21.2. The van der Waals surface area contributed by atoms with Crippen LogP contribution in [-0.2, 0) is 14.8 Å². The molecule has 1 N–H and O–H groups in total. The van der Waals surface area contributed by atoms with Crippen LogP contribution in [0.2, 0.25) is 4.34 Å². The topological polar surface area (TPSA) is 66.5 Å². The van der Waals surface area contributed by atoms with Crippen LogP contribution >= 0.6 is 22.9 Å². The van der Waals surface area contributed by atoms with Crippen LogP contribution in [0.15, 0.2) is 40.6 Å². The minimum absolute atomic E-state index is 0.0198. The van der Waals surface area contributed by atoms with Crippen LogP contribution in [0, 0.1) is 11.8 Å². The maximum atomic E-state index is 12.7. The Hall–Kier alpha value is -1.41. The van der Waals surface area contributed by atoms with Gasteiger partial charge < -0.3 is 5.32 Å². The number of sulfonamides is 1. The van der Waals surface area contributed by atoms with Gasteiger partial charge >= 0.3 is 0 Å². The SMILES string of the molecule is CC(C)c1ccc(NC(=O)[C@H](C)C2CCN(S(=O)(=O)c3ccc(Cl)s3)CC2)cc1. The Morgan fingerprint density at radius 1 is 1.10 bits per heavy atom. The molecule has 158 valence electrons. The van der Waals surface area contributed by atoms with E-state index in [1.165, 1.54) is 9.87 Å². The molecular formula is C21H27ClN2O3S2. The highest BCUT2D eigenvalue weighted by Gasteiger charge is 2.34. The van der Waals surface area contributed by atoms with Gasteiger partial charge in [-0.15, -0.1) is 11.3 Å². The highest BCUT2D eigenvalue weighted by molar-refractivity contribution is 7.91. The van der Waals surface area contributed by atoms with Gasteiger partial charge in [-0.25, -0.2) is 8.42 Å². The van der Waals surface area contributed by atoms with Crippen molar-refractivity contribution in [1.82, 2.24) is 4.31 Å². The molecule has 0 unspecified atom stereocenters. The summed E-state index contributed by atoms with van der Waals surface area (Å²) in [5, 5.41) is 2.99. The molecular weight excluding hydrogens is 428 g/mol. The van der Waals surface area contributed by atoms with Crippen LogP contribution in [0.1, 0.15) is 45.1 Å². The Morgan fingerprint density at radius 2 is 1.72 bits per heavy atom. The number of benzene rings is 1. The average molecular weight is 455 g/mol. The summed E-state index contributed by atoms with van der Waals surface area (Å²) in [6, 6.07) is 11.1. The molecule has 3 rings (SSSR count). The van der Waals surface area contributed by atoms with Gasteiger partial charge in [0.05, 0.1) is 4.34 Å². The summed E-state index contributed by atoms with van der Waals surface area (Å²) in [6.45, 7) is 7.03. The van der Waals surface area contributed by atoms with Crippen molar-refractivity contribution in [3.05, 3.63) is 46.3 Å². The monoisotopic (exact) mass is 454 g/mol. The number of hydrogen-bond donors (Lipinski definition) is 1. The second-order valence-corrected chi connectivity index (χ2v) is 11.7. The number of rotatable bonds is 6. The fourth-order valence-electron chi connectivity index (χ4n) is 3.60. The molecule has 5 nitrogen and oxygen atoms in total. The zero-order valence-corrected chi connectivity index (χ0v) is 19.3. The van der Waals surface area contributed by atoms with Crippen molar-refractivity contribution in [3.8, 4) is 0 Å². The third-order valence-electron chi connectivity index (χ3n) is 5.61. The van der Waals surface area contributed by atoms with E-state index >= 15 is 0 Å². The highest BCUT2D eigenvalue weighted by Crippen LogP contribution is 2.32. The first-order valence-corrected chi connectivity index (χ1v) is 12.5. The molecule has 1 aromatic heterocycles. The predicted molar refractivity (Wildman–Crippen MR) is 119 cm³/mol. The lowest BCUT2D eigenvalue weighted by Gasteiger charge is -2.33. The molecule has 1 aliphatic rings. The van der Waals surface area contributed by atoms with E-state index in [1.807, 2.05) is 31.2 Å². The van der Waals surface area contributed by atoms with Crippen LogP contribution in [0.4, 0.5) is 5.69 Å². The van der Waals surface area contributed by atoms with Gasteiger partial charge in [0, 0.05) is 24.7 Å². The number of piperidine rings is 1. The minimum atomic E-state index is -3.50. The van der Waals surface area contributed by atoms with Gasteiger partial charge in [-0.05, 0) is 54.5 Å². The second-order valence-electron chi connectivity index (χ2n) is 7.85. The van der Waals surface area contributed by atoms with E-state index in [9.17, 15) is 13.2 Å². The molecule has 0 radical (unpaired) electrons. The van der Waals surface area contributed by atoms with Crippen LogP contribution < -0.4 is 5.32 Å². The number of anilines is 1. The quantitative estimate of drug-likeness (QED) is 0.652. The largest absolute Gasteiger partial charge is 0.326 e. The Kier molecular flexibility index (Phi) is 7.04. The summed E-state index contributed by atoms with van der Waals surface area (Å²) < 4.78 is 27.7. The standard InChI is InChI=1S/C21H27ClN2O3S2/c1-14(2)16-4-6-18(7-5-16)23-21(25)15(3)17-10-12-24(13-11-17)29(26,27)20-9-8-19(22)28-20/h4-9,14-15,17H,10-13H2,1-3H3,(H,23,25)/t15-/m1/s1. The van der Waals surface area contributed by atoms with Crippen molar-refractivity contribution in [1.29, 1.82) is 0 Å². The summed E-state index contributed by atoms with van der Waals surface area (Å²) >= 11 is 6.96. The maximum absolute atomic E-state index is 12.7. The van der Waals surface area contributed by atoms with Gasteiger partial charge in [-0.3, -0.25) is 4.79 Å². The molecule has 1 aliphatic heterocycles. The molecule has 0 aliphatic carbocycles. The minimum Gasteiger partial charge on any atom is -0.326 e. The summed E-state index contributed by atoms with van der Waals surface area (Å²) in [6.07, 6.45) is 1.33. The highest BCUT2D eigenvalue weighted by atomic mass is 35.5. The van der Waals surface area contributed by atoms with Crippen LogP contribution in [0.5, 0.6) is 0 Å². The van der Waals surface area contributed by atoms with Gasteiger partial charge in [0.15, 0.2) is 0 Å². The molecule has 0 saturated carbocycles. The Morgan fingerprint density at radius 3 is 2.24 bits per heavy atom. The van der Waals surface area contributed by atoms with E-state index in [-0.39, 0.29) is 22.0 Å². The molecule has 1 saturated heterocycles. The Bertz CT molecular complexity index is 947. The van der Waals surface area contributed by atoms with Crippen molar-refractivity contribution in [3.63, 3.8) is 0 Å². The van der Waals surface area contributed by atoms with Crippen LogP contribution in [-0.4, -0.2) is 31.7 Å². The molecule has 2 heterocycles. The molecule has 29 heavy (non-hydrogen) atoms. The Balaban J connectivity index is 1.56. The van der Waals surface area contributed by atoms with E-state index in [0.29, 0.717) is 36.2 Å². The van der Waals surface area contributed by atoms with Crippen molar-refractivity contribution >= 4 is 44.6 Å². The number of carbonyl (C=O) groups excluding carboxylic acids is 1. The summed E-state index contributed by atoms with van der Waals surface area (Å²) in [5.74, 6) is 0.406. The summed E-state index contributed by atoms with van der Waals surface area (Å²) in [7, 11) is -3.50. The van der Waals surface area contributed by atoms with Gasteiger partial charge in [-0.2, -0.15) is 4.31 Å². The van der Waals surface area contributed by atoms with E-state index < -0.39 is 10.0 Å². The van der Waals surface area contributed by atoms with Gasteiger partial charge in [-0.1, -0.05) is 44.5 Å². The zero-order valence-electron chi connectivity index (χ0n) is 16.9. The lowest BCUT2D eigenvalue weighted by atomic mass is 9.85. The maximum Gasteiger partial charge on any atom is 0.252 e. The Labute approximate surface area is 182 Å². The number of halogens is 1. The smallest absolute Gasteiger partial charge is 0.252 e. The molecule has 0 bridgehead atoms. The summed E-state index contributed by atoms with van der Waals surface area (Å²) in [5.41, 5.74) is 2.03. The second kappa shape index (κ2) is 9.16. The van der Waals surface area contributed by atoms with Gasteiger partial charge in [0.2, 0.25) is 5.91 Å². The van der Waals surface area contributed by atoms with Gasteiger partial charge in [0.1, 0.15) is 4.21 Å². The number of nitrogens with zero attached hydrogens (tertiary/aromatic N) is 1. The fraction of sp³-hybridized carbons (Fsp3) is 0.476. The van der Waals surface area contributed by atoms with Crippen molar-refractivity contribution in [2.45, 2.75) is 43.7 Å². The number of hydrogen-bond acceptors (Lipinski definition) is 4.